The van der Waals surface area contributed by atoms with Crippen molar-refractivity contribution in [1.29, 1.82) is 0 Å². The maximum Gasteiger partial charge on any atom is 0.234 e. The van der Waals surface area contributed by atoms with Crippen LogP contribution in [0.15, 0.2) is 12.1 Å². The van der Waals surface area contributed by atoms with E-state index in [-0.39, 0.29) is 12.0 Å². The van der Waals surface area contributed by atoms with E-state index in [0.717, 1.165) is 40.4 Å². The van der Waals surface area contributed by atoms with Crippen molar-refractivity contribution >= 4 is 44.2 Å². The van der Waals surface area contributed by atoms with Crippen LogP contribution in [0.3, 0.4) is 0 Å². The maximum absolute atomic E-state index is 13.0. The lowest BCUT2D eigenvalue weighted by Crippen LogP contribution is -2.43. The van der Waals surface area contributed by atoms with E-state index in [0.29, 0.717) is 11.6 Å². The fraction of sp³-hybridized carbons (Fsp3) is 0.556. The molecule has 0 bridgehead atoms. The Kier molecular flexibility index (Phi) is 4.87. The standard InChI is InChI=1S/C18H23ClN2O2S/c1-11-8-12(19)9-14-15(11)20-17(24-14)21(16(22)18(2,3)4)10-13-6-5-7-23-13/h8-9,13H,5-7,10H2,1-4H3. The van der Waals surface area contributed by atoms with Gasteiger partial charge in [-0.25, -0.2) is 4.98 Å². The highest BCUT2D eigenvalue weighted by atomic mass is 35.5. The van der Waals surface area contributed by atoms with Crippen molar-refractivity contribution in [2.45, 2.75) is 46.6 Å². The quantitative estimate of drug-likeness (QED) is 0.782. The van der Waals surface area contributed by atoms with Crippen LogP contribution in [0.5, 0.6) is 0 Å². The number of rotatable bonds is 3. The summed E-state index contributed by atoms with van der Waals surface area (Å²) in [5.74, 6) is 0.0702. The van der Waals surface area contributed by atoms with Gasteiger partial charge in [-0.2, -0.15) is 0 Å². The lowest BCUT2D eigenvalue weighted by molar-refractivity contribution is -0.126. The second-order valence-electron chi connectivity index (χ2n) is 7.37. The summed E-state index contributed by atoms with van der Waals surface area (Å²) in [7, 11) is 0. The molecule has 130 valence electrons. The Bertz CT molecular complexity index is 760. The lowest BCUT2D eigenvalue weighted by Gasteiger charge is -2.29. The van der Waals surface area contributed by atoms with Gasteiger partial charge in [0.05, 0.1) is 22.9 Å². The molecule has 4 nitrogen and oxygen atoms in total. The molecule has 2 heterocycles. The van der Waals surface area contributed by atoms with Gasteiger partial charge in [0, 0.05) is 17.0 Å². The molecule has 1 aromatic carbocycles. The largest absolute Gasteiger partial charge is 0.376 e. The molecule has 1 saturated heterocycles. The van der Waals surface area contributed by atoms with Gasteiger partial charge >= 0.3 is 0 Å². The second kappa shape index (κ2) is 6.62. The number of aryl methyl sites for hydroxylation is 1. The van der Waals surface area contributed by atoms with E-state index in [9.17, 15) is 4.79 Å². The number of nitrogens with zero attached hydrogens (tertiary/aromatic N) is 2. The fourth-order valence-electron chi connectivity index (χ4n) is 2.90. The summed E-state index contributed by atoms with van der Waals surface area (Å²) in [5, 5.41) is 1.42. The van der Waals surface area contributed by atoms with Crippen molar-refractivity contribution in [2.75, 3.05) is 18.1 Å². The number of anilines is 1. The Morgan fingerprint density at radius 2 is 2.21 bits per heavy atom. The highest BCUT2D eigenvalue weighted by molar-refractivity contribution is 7.22. The molecule has 1 aromatic heterocycles. The normalized spacial score (nSPS) is 18.3. The molecule has 1 atom stereocenters. The van der Waals surface area contributed by atoms with Gasteiger partial charge in [-0.3, -0.25) is 9.69 Å². The number of aromatic nitrogens is 1. The molecule has 0 saturated carbocycles. The van der Waals surface area contributed by atoms with E-state index < -0.39 is 5.41 Å². The summed E-state index contributed by atoms with van der Waals surface area (Å²) >= 11 is 7.68. The predicted octanol–water partition coefficient (Wildman–Crippen LogP) is 4.82. The van der Waals surface area contributed by atoms with Crippen LogP contribution >= 0.6 is 22.9 Å². The molecule has 2 aromatic rings. The summed E-state index contributed by atoms with van der Waals surface area (Å²) in [6, 6.07) is 3.82. The van der Waals surface area contributed by atoms with Gasteiger partial charge in [0.15, 0.2) is 5.13 Å². The first-order chi connectivity index (χ1) is 11.3. The third-order valence-corrected chi connectivity index (χ3v) is 5.41. The van der Waals surface area contributed by atoms with E-state index in [1.54, 1.807) is 4.90 Å². The van der Waals surface area contributed by atoms with Crippen molar-refractivity contribution in [2.24, 2.45) is 5.41 Å². The zero-order chi connectivity index (χ0) is 17.5. The Morgan fingerprint density at radius 1 is 1.46 bits per heavy atom. The number of carbonyl (C=O) groups is 1. The molecule has 1 amide bonds. The molecule has 24 heavy (non-hydrogen) atoms. The lowest BCUT2D eigenvalue weighted by atomic mass is 9.94. The zero-order valence-electron chi connectivity index (χ0n) is 14.6. The van der Waals surface area contributed by atoms with E-state index in [1.165, 1.54) is 11.3 Å². The Labute approximate surface area is 151 Å². The van der Waals surface area contributed by atoms with Gasteiger partial charge < -0.3 is 4.74 Å². The molecule has 0 aliphatic carbocycles. The molecular weight excluding hydrogens is 344 g/mol. The average Bonchev–Trinajstić information content (AvgIpc) is 3.11. The van der Waals surface area contributed by atoms with Crippen LogP contribution in [-0.2, 0) is 9.53 Å². The topological polar surface area (TPSA) is 42.4 Å². The van der Waals surface area contributed by atoms with Crippen molar-refractivity contribution in [1.82, 2.24) is 4.98 Å². The number of fused-ring (bicyclic) bond motifs is 1. The maximum atomic E-state index is 13.0. The first kappa shape index (κ1) is 17.6. The van der Waals surface area contributed by atoms with Crippen LogP contribution in [-0.4, -0.2) is 30.1 Å². The summed E-state index contributed by atoms with van der Waals surface area (Å²) < 4.78 is 6.75. The number of carbonyl (C=O) groups excluding carboxylic acids is 1. The third-order valence-electron chi connectivity index (χ3n) is 4.17. The number of benzene rings is 1. The van der Waals surface area contributed by atoms with Crippen LogP contribution in [0.1, 0.15) is 39.2 Å². The molecule has 1 aliphatic rings. The minimum atomic E-state index is -0.469. The number of halogens is 1. The zero-order valence-corrected chi connectivity index (χ0v) is 16.1. The first-order valence-electron chi connectivity index (χ1n) is 8.26. The molecule has 3 rings (SSSR count). The van der Waals surface area contributed by atoms with Crippen LogP contribution in [0, 0.1) is 12.3 Å². The molecule has 0 spiro atoms. The summed E-state index contributed by atoms with van der Waals surface area (Å²) in [6.45, 7) is 9.14. The van der Waals surface area contributed by atoms with Crippen LogP contribution in [0.2, 0.25) is 5.02 Å². The van der Waals surface area contributed by atoms with Gasteiger partial charge in [0.1, 0.15) is 0 Å². The van der Waals surface area contributed by atoms with Crippen LogP contribution < -0.4 is 4.90 Å². The molecule has 1 unspecified atom stereocenters. The Balaban J connectivity index is 2.00. The smallest absolute Gasteiger partial charge is 0.234 e. The third kappa shape index (κ3) is 3.58. The van der Waals surface area contributed by atoms with E-state index in [2.05, 4.69) is 0 Å². The molecule has 0 N–H and O–H groups in total. The van der Waals surface area contributed by atoms with Crippen molar-refractivity contribution in [3.63, 3.8) is 0 Å². The number of hydrogen-bond donors (Lipinski definition) is 0. The minimum Gasteiger partial charge on any atom is -0.376 e. The van der Waals surface area contributed by atoms with Crippen molar-refractivity contribution < 1.29 is 9.53 Å². The predicted molar refractivity (Wildman–Crippen MR) is 100 cm³/mol. The SMILES string of the molecule is Cc1cc(Cl)cc2sc(N(CC3CCCO3)C(=O)C(C)(C)C)nc12. The molecule has 1 aliphatic heterocycles. The van der Waals surface area contributed by atoms with Gasteiger partial charge in [0.2, 0.25) is 5.91 Å². The molecule has 1 fully saturated rings. The number of hydrogen-bond acceptors (Lipinski definition) is 4. The van der Waals surface area contributed by atoms with E-state index in [1.807, 2.05) is 39.8 Å². The highest BCUT2D eigenvalue weighted by Gasteiger charge is 2.33. The minimum absolute atomic E-state index is 0.0702. The number of ether oxygens (including phenoxy) is 1. The average molecular weight is 367 g/mol. The van der Waals surface area contributed by atoms with E-state index in [4.69, 9.17) is 21.3 Å². The number of amides is 1. The summed E-state index contributed by atoms with van der Waals surface area (Å²) in [6.07, 6.45) is 2.13. The summed E-state index contributed by atoms with van der Waals surface area (Å²) in [4.78, 5) is 19.5. The van der Waals surface area contributed by atoms with Gasteiger partial charge in [0.25, 0.3) is 0 Å². The van der Waals surface area contributed by atoms with Gasteiger partial charge in [-0.15, -0.1) is 0 Å². The molecule has 6 heteroatoms. The fourth-order valence-corrected chi connectivity index (χ4v) is 4.33. The Hall–Kier alpha value is -1.17. The molecular formula is C18H23ClN2O2S. The monoisotopic (exact) mass is 366 g/mol. The highest BCUT2D eigenvalue weighted by Crippen LogP contribution is 2.35. The van der Waals surface area contributed by atoms with Crippen LogP contribution in [0.25, 0.3) is 10.2 Å². The summed E-state index contributed by atoms with van der Waals surface area (Å²) in [5.41, 5.74) is 1.47. The second-order valence-corrected chi connectivity index (χ2v) is 8.81. The van der Waals surface area contributed by atoms with Crippen LogP contribution in [0.4, 0.5) is 5.13 Å². The molecule has 0 radical (unpaired) electrons. The van der Waals surface area contributed by atoms with Gasteiger partial charge in [-0.1, -0.05) is 43.7 Å². The van der Waals surface area contributed by atoms with Crippen molar-refractivity contribution in [3.8, 4) is 0 Å². The van der Waals surface area contributed by atoms with E-state index >= 15 is 0 Å². The van der Waals surface area contributed by atoms with Crippen molar-refractivity contribution in [3.05, 3.63) is 22.7 Å². The number of thiazole rings is 1. The van der Waals surface area contributed by atoms with Gasteiger partial charge in [-0.05, 0) is 37.5 Å². The first-order valence-corrected chi connectivity index (χ1v) is 9.45. The Morgan fingerprint density at radius 3 is 2.83 bits per heavy atom.